The zero-order valence-corrected chi connectivity index (χ0v) is 14.6. The third-order valence-electron chi connectivity index (χ3n) is 4.92. The number of piperidine rings is 1. The molecule has 9 heteroatoms. The molecule has 27 heavy (non-hydrogen) atoms. The molecule has 0 radical (unpaired) electrons. The molecule has 1 fully saturated rings. The molecule has 0 aliphatic carbocycles. The average molecular weight is 377 g/mol. The van der Waals surface area contributed by atoms with Crippen molar-refractivity contribution in [3.8, 4) is 0 Å². The van der Waals surface area contributed by atoms with Crippen molar-refractivity contribution in [2.45, 2.75) is 25.1 Å². The molecule has 1 amide bonds. The maximum atomic E-state index is 13.0. The van der Waals surface area contributed by atoms with Gasteiger partial charge in [-0.1, -0.05) is 18.2 Å². The molecular formula is C18H18F3N5O. The fourth-order valence-electron chi connectivity index (χ4n) is 3.57. The van der Waals surface area contributed by atoms with Gasteiger partial charge in [0.1, 0.15) is 0 Å². The molecule has 6 nitrogen and oxygen atoms in total. The number of aromatic nitrogens is 4. The number of aryl methyl sites for hydroxylation is 1. The highest BCUT2D eigenvalue weighted by molar-refractivity contribution is 6.04. The van der Waals surface area contributed by atoms with Gasteiger partial charge in [-0.05, 0) is 25.0 Å². The van der Waals surface area contributed by atoms with Crippen LogP contribution in [-0.2, 0) is 13.2 Å². The van der Waals surface area contributed by atoms with Gasteiger partial charge < -0.3 is 4.90 Å². The van der Waals surface area contributed by atoms with E-state index < -0.39 is 11.9 Å². The summed E-state index contributed by atoms with van der Waals surface area (Å²) in [5, 5.41) is 8.78. The molecule has 4 rings (SSSR count). The summed E-state index contributed by atoms with van der Waals surface area (Å²) in [4.78, 5) is 14.7. The number of hydrogen-bond donors (Lipinski definition) is 0. The van der Waals surface area contributed by atoms with Crippen LogP contribution in [-0.4, -0.2) is 43.5 Å². The minimum absolute atomic E-state index is 0.209. The second-order valence-corrected chi connectivity index (χ2v) is 6.72. The van der Waals surface area contributed by atoms with Gasteiger partial charge in [-0.15, -0.1) is 0 Å². The molecule has 1 unspecified atom stereocenters. The maximum Gasteiger partial charge on any atom is 0.435 e. The predicted octanol–water partition coefficient (Wildman–Crippen LogP) is 3.27. The van der Waals surface area contributed by atoms with Crippen LogP contribution in [0.5, 0.6) is 0 Å². The summed E-state index contributed by atoms with van der Waals surface area (Å²) in [6.07, 6.45) is -1.77. The Morgan fingerprint density at radius 3 is 2.70 bits per heavy atom. The van der Waals surface area contributed by atoms with E-state index in [1.165, 1.54) is 10.9 Å². The maximum absolute atomic E-state index is 13.0. The second kappa shape index (κ2) is 6.40. The van der Waals surface area contributed by atoms with Gasteiger partial charge in [0.15, 0.2) is 11.4 Å². The summed E-state index contributed by atoms with van der Waals surface area (Å²) in [7, 11) is 1.78. The van der Waals surface area contributed by atoms with Gasteiger partial charge in [0, 0.05) is 31.7 Å². The lowest BCUT2D eigenvalue weighted by atomic mass is 10.1. The first-order chi connectivity index (χ1) is 12.8. The van der Waals surface area contributed by atoms with Crippen LogP contribution < -0.4 is 0 Å². The molecule has 1 atom stereocenters. The molecular weight excluding hydrogens is 359 g/mol. The van der Waals surface area contributed by atoms with E-state index in [1.54, 1.807) is 16.6 Å². The number of carbonyl (C=O) groups is 1. The van der Waals surface area contributed by atoms with Crippen molar-refractivity contribution < 1.29 is 18.0 Å². The fraction of sp³-hybridized carbons (Fsp3) is 0.389. The largest absolute Gasteiger partial charge is 0.435 e. The van der Waals surface area contributed by atoms with E-state index >= 15 is 0 Å². The molecule has 1 saturated heterocycles. The van der Waals surface area contributed by atoms with Crippen molar-refractivity contribution in [1.29, 1.82) is 0 Å². The summed E-state index contributed by atoms with van der Waals surface area (Å²) in [6.45, 7) is 0.857. The molecule has 1 aliphatic rings. The second-order valence-electron chi connectivity index (χ2n) is 6.72. The first-order valence-electron chi connectivity index (χ1n) is 8.68. The third-order valence-corrected chi connectivity index (χ3v) is 4.92. The van der Waals surface area contributed by atoms with Crippen LogP contribution in [0.15, 0.2) is 36.5 Å². The number of hydrogen-bond acceptors (Lipinski definition) is 3. The number of alkyl halides is 3. The van der Waals surface area contributed by atoms with Gasteiger partial charge in [-0.3, -0.25) is 14.2 Å². The van der Waals surface area contributed by atoms with Gasteiger partial charge in [0.05, 0.1) is 11.6 Å². The van der Waals surface area contributed by atoms with Crippen LogP contribution in [0.1, 0.15) is 35.1 Å². The third kappa shape index (κ3) is 3.17. The monoisotopic (exact) mass is 377 g/mol. The molecule has 1 aliphatic heterocycles. The molecule has 1 aromatic carbocycles. The Morgan fingerprint density at radius 1 is 1.19 bits per heavy atom. The molecule has 0 spiro atoms. The van der Waals surface area contributed by atoms with Crippen LogP contribution in [0.3, 0.4) is 0 Å². The first-order valence-corrected chi connectivity index (χ1v) is 8.68. The minimum atomic E-state index is -4.47. The highest BCUT2D eigenvalue weighted by atomic mass is 19.4. The number of amides is 1. The highest BCUT2D eigenvalue weighted by Gasteiger charge is 2.35. The highest BCUT2D eigenvalue weighted by Crippen LogP contribution is 2.30. The molecule has 3 heterocycles. The Hall–Kier alpha value is -2.84. The Morgan fingerprint density at radius 2 is 1.96 bits per heavy atom. The molecule has 0 saturated carbocycles. The van der Waals surface area contributed by atoms with Crippen molar-refractivity contribution in [2.75, 3.05) is 13.1 Å². The van der Waals surface area contributed by atoms with Crippen molar-refractivity contribution in [3.63, 3.8) is 0 Å². The standard InChI is InChI=1S/C18H18F3N5O/c1-24-14-7-3-2-6-13(14)16(23-24)17(27)25-9-4-5-12(11-25)26-10-8-15(22-26)18(19,20)21/h2-3,6-8,10,12H,4-5,9,11H2,1H3. The Kier molecular flexibility index (Phi) is 4.16. The Balaban J connectivity index is 1.57. The van der Waals surface area contributed by atoms with Crippen molar-refractivity contribution in [1.82, 2.24) is 24.5 Å². The zero-order chi connectivity index (χ0) is 19.2. The summed E-state index contributed by atoms with van der Waals surface area (Å²) >= 11 is 0. The molecule has 3 aromatic rings. The quantitative estimate of drug-likeness (QED) is 0.689. The van der Waals surface area contributed by atoms with Gasteiger partial charge in [-0.2, -0.15) is 23.4 Å². The number of rotatable bonds is 2. The predicted molar refractivity (Wildman–Crippen MR) is 92.1 cm³/mol. The molecule has 142 valence electrons. The van der Waals surface area contributed by atoms with Gasteiger partial charge in [-0.25, -0.2) is 0 Å². The topological polar surface area (TPSA) is 56.0 Å². The van der Waals surface area contributed by atoms with E-state index in [4.69, 9.17) is 0 Å². The summed E-state index contributed by atoms with van der Waals surface area (Å²) in [5.41, 5.74) is 0.308. The number of nitrogens with zero attached hydrogens (tertiary/aromatic N) is 5. The molecule has 0 bridgehead atoms. The van der Waals surface area contributed by atoms with Gasteiger partial charge in [0.2, 0.25) is 0 Å². The lowest BCUT2D eigenvalue weighted by molar-refractivity contribution is -0.141. The number of para-hydroxylation sites is 1. The van der Waals surface area contributed by atoms with Gasteiger partial charge in [0.25, 0.3) is 5.91 Å². The number of likely N-dealkylation sites (tertiary alicyclic amines) is 1. The van der Waals surface area contributed by atoms with Crippen LogP contribution in [0.4, 0.5) is 13.2 Å². The van der Waals surface area contributed by atoms with E-state index in [-0.39, 0.29) is 11.9 Å². The fourth-order valence-corrected chi connectivity index (χ4v) is 3.57. The Bertz CT molecular complexity index is 990. The smallest absolute Gasteiger partial charge is 0.335 e. The van der Waals surface area contributed by atoms with Crippen molar-refractivity contribution in [3.05, 3.63) is 47.9 Å². The van der Waals surface area contributed by atoms with Crippen LogP contribution in [0, 0.1) is 0 Å². The van der Waals surface area contributed by atoms with E-state index in [0.717, 1.165) is 17.0 Å². The van der Waals surface area contributed by atoms with E-state index in [0.29, 0.717) is 31.6 Å². The Labute approximate surface area is 153 Å². The summed E-state index contributed by atoms with van der Waals surface area (Å²) in [6, 6.07) is 8.15. The van der Waals surface area contributed by atoms with E-state index in [2.05, 4.69) is 10.2 Å². The van der Waals surface area contributed by atoms with Crippen LogP contribution in [0.25, 0.3) is 10.9 Å². The zero-order valence-electron chi connectivity index (χ0n) is 14.6. The normalized spacial score (nSPS) is 18.2. The summed E-state index contributed by atoms with van der Waals surface area (Å²) in [5.74, 6) is -0.209. The van der Waals surface area contributed by atoms with Crippen LogP contribution >= 0.6 is 0 Å². The minimum Gasteiger partial charge on any atom is -0.335 e. The van der Waals surface area contributed by atoms with E-state index in [9.17, 15) is 18.0 Å². The average Bonchev–Trinajstić information content (AvgIpc) is 3.27. The number of carbonyl (C=O) groups excluding carboxylic acids is 1. The number of halogens is 3. The SMILES string of the molecule is Cn1nc(C(=O)N2CCCC(n3ccc(C(F)(F)F)n3)C2)c2ccccc21. The van der Waals surface area contributed by atoms with Crippen LogP contribution in [0.2, 0.25) is 0 Å². The lowest BCUT2D eigenvalue weighted by Gasteiger charge is -2.32. The first kappa shape index (κ1) is 17.6. The lowest BCUT2D eigenvalue weighted by Crippen LogP contribution is -2.41. The van der Waals surface area contributed by atoms with E-state index in [1.807, 2.05) is 24.3 Å². The van der Waals surface area contributed by atoms with Crippen molar-refractivity contribution >= 4 is 16.8 Å². The van der Waals surface area contributed by atoms with Gasteiger partial charge >= 0.3 is 6.18 Å². The van der Waals surface area contributed by atoms with Crippen molar-refractivity contribution in [2.24, 2.45) is 7.05 Å². The number of fused-ring (bicyclic) bond motifs is 1. The number of benzene rings is 1. The molecule has 0 N–H and O–H groups in total. The molecule has 2 aromatic heterocycles. The summed E-state index contributed by atoms with van der Waals surface area (Å²) < 4.78 is 41.4.